The topological polar surface area (TPSA) is 42.3 Å². The SMILES string of the molecule is COc1ccc(COC(=N)C(F)(F)C(F)(F)C(F)(F)F)cc1. The van der Waals surface area contributed by atoms with Gasteiger partial charge in [-0.3, -0.25) is 5.41 Å². The molecule has 0 aliphatic heterocycles. The second-order valence-electron chi connectivity index (χ2n) is 4.11. The second-order valence-corrected chi connectivity index (χ2v) is 4.11. The Morgan fingerprint density at radius 3 is 1.91 bits per heavy atom. The van der Waals surface area contributed by atoms with Crippen LogP contribution in [0.15, 0.2) is 24.3 Å². The van der Waals surface area contributed by atoms with Crippen molar-refractivity contribution in [2.45, 2.75) is 24.6 Å². The van der Waals surface area contributed by atoms with E-state index in [9.17, 15) is 30.7 Å². The van der Waals surface area contributed by atoms with Crippen LogP contribution in [-0.4, -0.2) is 31.0 Å². The van der Waals surface area contributed by atoms with Crippen molar-refractivity contribution in [2.75, 3.05) is 7.11 Å². The van der Waals surface area contributed by atoms with Gasteiger partial charge in [0.1, 0.15) is 12.4 Å². The van der Waals surface area contributed by atoms with Crippen LogP contribution in [0.3, 0.4) is 0 Å². The molecule has 0 spiro atoms. The molecule has 1 aromatic rings. The number of rotatable bonds is 5. The molecular weight excluding hydrogens is 323 g/mol. The maximum absolute atomic E-state index is 13.1. The average molecular weight is 333 g/mol. The lowest BCUT2D eigenvalue weighted by Gasteiger charge is -2.27. The maximum atomic E-state index is 13.1. The van der Waals surface area contributed by atoms with Crippen molar-refractivity contribution in [3.8, 4) is 5.75 Å². The van der Waals surface area contributed by atoms with Crippen LogP contribution in [0.1, 0.15) is 5.56 Å². The van der Waals surface area contributed by atoms with Crippen molar-refractivity contribution in [1.82, 2.24) is 0 Å². The minimum Gasteiger partial charge on any atom is -0.497 e. The van der Waals surface area contributed by atoms with E-state index in [4.69, 9.17) is 10.1 Å². The highest BCUT2D eigenvalue weighted by molar-refractivity contribution is 5.81. The molecule has 124 valence electrons. The first-order valence-corrected chi connectivity index (χ1v) is 5.60. The van der Waals surface area contributed by atoms with Crippen molar-refractivity contribution in [3.05, 3.63) is 29.8 Å². The fourth-order valence-electron chi connectivity index (χ4n) is 1.29. The molecule has 0 amide bonds. The van der Waals surface area contributed by atoms with E-state index in [-0.39, 0.29) is 5.56 Å². The maximum Gasteiger partial charge on any atom is 0.460 e. The number of nitrogens with one attached hydrogen (secondary N) is 1. The Labute approximate surface area is 120 Å². The summed E-state index contributed by atoms with van der Waals surface area (Å²) >= 11 is 0. The molecule has 0 aliphatic rings. The number of hydrogen-bond acceptors (Lipinski definition) is 3. The van der Waals surface area contributed by atoms with Crippen LogP contribution < -0.4 is 4.74 Å². The van der Waals surface area contributed by atoms with Gasteiger partial charge in [0.15, 0.2) is 0 Å². The van der Waals surface area contributed by atoms with Crippen LogP contribution >= 0.6 is 0 Å². The summed E-state index contributed by atoms with van der Waals surface area (Å²) in [6.07, 6.45) is -6.51. The van der Waals surface area contributed by atoms with E-state index < -0.39 is 30.5 Å². The van der Waals surface area contributed by atoms with Gasteiger partial charge in [0.05, 0.1) is 7.11 Å². The number of halogens is 7. The summed E-state index contributed by atoms with van der Waals surface area (Å²) in [6.45, 7) is -0.771. The molecular formula is C12H10F7NO2. The number of ether oxygens (including phenoxy) is 2. The zero-order chi connectivity index (χ0) is 17.2. The molecule has 1 aromatic carbocycles. The van der Waals surface area contributed by atoms with Crippen LogP contribution in [0, 0.1) is 5.41 Å². The van der Waals surface area contributed by atoms with Gasteiger partial charge in [-0.2, -0.15) is 30.7 Å². The molecule has 0 heterocycles. The molecule has 0 unspecified atom stereocenters. The van der Waals surface area contributed by atoms with Gasteiger partial charge in [-0.15, -0.1) is 0 Å². The van der Waals surface area contributed by atoms with Crippen LogP contribution in [0.25, 0.3) is 0 Å². The van der Waals surface area contributed by atoms with Gasteiger partial charge in [0.2, 0.25) is 0 Å². The first-order chi connectivity index (χ1) is 9.93. The molecule has 0 atom stereocenters. The molecule has 1 N–H and O–H groups in total. The molecule has 0 fully saturated rings. The minimum absolute atomic E-state index is 0.177. The van der Waals surface area contributed by atoms with Crippen molar-refractivity contribution in [1.29, 1.82) is 5.41 Å². The summed E-state index contributed by atoms with van der Waals surface area (Å²) in [5.74, 6) is -14.3. The average Bonchev–Trinajstić information content (AvgIpc) is 2.43. The highest BCUT2D eigenvalue weighted by Crippen LogP contribution is 2.47. The smallest absolute Gasteiger partial charge is 0.460 e. The first-order valence-electron chi connectivity index (χ1n) is 5.60. The lowest BCUT2D eigenvalue weighted by atomic mass is 10.1. The van der Waals surface area contributed by atoms with E-state index in [0.29, 0.717) is 5.75 Å². The van der Waals surface area contributed by atoms with Gasteiger partial charge in [-0.25, -0.2) is 0 Å². The largest absolute Gasteiger partial charge is 0.497 e. The molecule has 0 aliphatic carbocycles. The number of alkyl halides is 7. The van der Waals surface area contributed by atoms with Gasteiger partial charge in [-0.1, -0.05) is 12.1 Å². The van der Waals surface area contributed by atoms with Crippen LogP contribution in [0.2, 0.25) is 0 Å². The summed E-state index contributed by atoms with van der Waals surface area (Å²) in [5, 5.41) is 6.68. The fourth-order valence-corrected chi connectivity index (χ4v) is 1.29. The van der Waals surface area contributed by atoms with E-state index in [2.05, 4.69) is 4.74 Å². The Kier molecular flexibility index (Phi) is 4.93. The molecule has 0 saturated carbocycles. The quantitative estimate of drug-likeness (QED) is 0.502. The molecule has 0 saturated heterocycles. The molecule has 0 radical (unpaired) electrons. The van der Waals surface area contributed by atoms with Crippen LogP contribution in [0.4, 0.5) is 30.7 Å². The third kappa shape index (κ3) is 3.42. The van der Waals surface area contributed by atoms with E-state index >= 15 is 0 Å². The van der Waals surface area contributed by atoms with Gasteiger partial charge < -0.3 is 9.47 Å². The monoisotopic (exact) mass is 333 g/mol. The van der Waals surface area contributed by atoms with Crippen LogP contribution in [-0.2, 0) is 11.3 Å². The van der Waals surface area contributed by atoms with Gasteiger partial charge in [0.25, 0.3) is 5.90 Å². The predicted molar refractivity (Wildman–Crippen MR) is 61.5 cm³/mol. The van der Waals surface area contributed by atoms with Gasteiger partial charge >= 0.3 is 18.0 Å². The summed E-state index contributed by atoms with van der Waals surface area (Å²) in [5.41, 5.74) is 0.177. The zero-order valence-corrected chi connectivity index (χ0v) is 11.0. The molecule has 22 heavy (non-hydrogen) atoms. The van der Waals surface area contributed by atoms with Gasteiger partial charge in [0, 0.05) is 0 Å². The minimum atomic E-state index is -6.51. The lowest BCUT2D eigenvalue weighted by Crippen LogP contribution is -2.56. The van der Waals surface area contributed by atoms with Crippen LogP contribution in [0.5, 0.6) is 5.75 Å². The Morgan fingerprint density at radius 2 is 1.50 bits per heavy atom. The lowest BCUT2D eigenvalue weighted by molar-refractivity contribution is -0.339. The van der Waals surface area contributed by atoms with E-state index in [1.54, 1.807) is 0 Å². The Bertz CT molecular complexity index is 525. The summed E-state index contributed by atoms with van der Waals surface area (Å²) in [6, 6.07) is 5.41. The number of benzene rings is 1. The third-order valence-corrected chi connectivity index (χ3v) is 2.58. The van der Waals surface area contributed by atoms with Crippen molar-refractivity contribution < 1.29 is 40.2 Å². The van der Waals surface area contributed by atoms with E-state index in [1.807, 2.05) is 0 Å². The predicted octanol–water partition coefficient (Wildman–Crippen LogP) is 4.02. The van der Waals surface area contributed by atoms with E-state index in [0.717, 1.165) is 0 Å². The Morgan fingerprint density at radius 1 is 1.00 bits per heavy atom. The molecule has 3 nitrogen and oxygen atoms in total. The Hall–Kier alpha value is -2.00. The van der Waals surface area contributed by atoms with Gasteiger partial charge in [-0.05, 0) is 17.7 Å². The summed E-state index contributed by atoms with van der Waals surface area (Å²) < 4.78 is 96.2. The zero-order valence-electron chi connectivity index (χ0n) is 11.0. The van der Waals surface area contributed by atoms with Crippen molar-refractivity contribution >= 4 is 5.90 Å². The highest BCUT2D eigenvalue weighted by Gasteiger charge is 2.75. The first kappa shape index (κ1) is 18.1. The normalized spacial score (nSPS) is 12.9. The fraction of sp³-hybridized carbons (Fsp3) is 0.417. The second kappa shape index (κ2) is 6.01. The molecule has 0 bridgehead atoms. The van der Waals surface area contributed by atoms with Crippen molar-refractivity contribution in [3.63, 3.8) is 0 Å². The number of methoxy groups -OCH3 is 1. The standard InChI is InChI=1S/C12H10F7NO2/c1-21-8-4-2-7(3-5-8)6-22-9(20)10(13,14)11(15,16)12(17,18)19/h2-5,20H,6H2,1H3. The highest BCUT2D eigenvalue weighted by atomic mass is 19.4. The number of hydrogen-bond donors (Lipinski definition) is 1. The van der Waals surface area contributed by atoms with Crippen molar-refractivity contribution in [2.24, 2.45) is 0 Å². The summed E-state index contributed by atoms with van der Waals surface area (Å²) in [7, 11) is 1.36. The molecule has 0 aromatic heterocycles. The molecule has 1 rings (SSSR count). The summed E-state index contributed by atoms with van der Waals surface area (Å²) in [4.78, 5) is 0. The molecule has 10 heteroatoms. The third-order valence-electron chi connectivity index (χ3n) is 2.58. The van der Waals surface area contributed by atoms with E-state index in [1.165, 1.54) is 31.4 Å². The Balaban J connectivity index is 2.78.